The second kappa shape index (κ2) is 8.33. The fourth-order valence-electron chi connectivity index (χ4n) is 2.62. The molecule has 1 aliphatic carbocycles. The van der Waals surface area contributed by atoms with Crippen molar-refractivity contribution in [2.75, 3.05) is 6.26 Å². The van der Waals surface area contributed by atoms with Gasteiger partial charge in [0.05, 0.1) is 6.10 Å². The van der Waals surface area contributed by atoms with Crippen LogP contribution in [0.4, 0.5) is 0 Å². The molecule has 0 radical (unpaired) electrons. The smallest absolute Gasteiger partial charge is 0.268 e. The summed E-state index contributed by atoms with van der Waals surface area (Å²) < 4.78 is -0.874. The molecule has 134 valence electrons. The van der Waals surface area contributed by atoms with Gasteiger partial charge in [0.25, 0.3) is 5.91 Å². The number of thioether (sulfide) groups is 1. The van der Waals surface area contributed by atoms with Gasteiger partial charge >= 0.3 is 0 Å². The molecular formula is C18H22N2O4S. The molecular weight excluding hydrogens is 340 g/mol. The Kier molecular flexibility index (Phi) is 6.41. The number of hydrogen-bond acceptors (Lipinski definition) is 5. The molecule has 1 aromatic rings. The van der Waals surface area contributed by atoms with Crippen LogP contribution in [0.1, 0.15) is 18.9 Å². The molecule has 2 amide bonds. The Hall–Kier alpha value is -2.09. The first-order chi connectivity index (χ1) is 11.9. The second-order valence-corrected chi connectivity index (χ2v) is 6.96. The molecule has 0 heterocycles. The average molecular weight is 362 g/mol. The number of benzene rings is 1. The van der Waals surface area contributed by atoms with Gasteiger partial charge in [0.15, 0.2) is 0 Å². The van der Waals surface area contributed by atoms with E-state index in [0.717, 1.165) is 11.1 Å². The molecule has 1 aromatic carbocycles. The third-order valence-electron chi connectivity index (χ3n) is 4.17. The number of amides is 2. The Morgan fingerprint density at radius 1 is 1.28 bits per heavy atom. The lowest BCUT2D eigenvalue weighted by Gasteiger charge is -2.31. The van der Waals surface area contributed by atoms with Gasteiger partial charge < -0.3 is 10.4 Å². The summed E-state index contributed by atoms with van der Waals surface area (Å²) in [4.78, 5) is 24.4. The van der Waals surface area contributed by atoms with E-state index < -0.39 is 28.7 Å². The van der Waals surface area contributed by atoms with E-state index in [0.29, 0.717) is 6.42 Å². The summed E-state index contributed by atoms with van der Waals surface area (Å²) in [5.41, 5.74) is 3.55. The van der Waals surface area contributed by atoms with Crippen molar-refractivity contribution in [3.63, 3.8) is 0 Å². The number of nitrogens with one attached hydrogen (secondary N) is 2. The number of carbonyl (C=O) groups is 2. The molecule has 0 bridgehead atoms. The number of aliphatic hydroxyl groups is 1. The van der Waals surface area contributed by atoms with Crippen LogP contribution in [-0.4, -0.2) is 45.3 Å². The quantitative estimate of drug-likeness (QED) is 0.454. The van der Waals surface area contributed by atoms with E-state index in [9.17, 15) is 14.7 Å². The Morgan fingerprint density at radius 2 is 1.96 bits per heavy atom. The molecule has 1 aliphatic rings. The number of aliphatic hydroxyl groups excluding tert-OH is 1. The maximum Gasteiger partial charge on any atom is 0.268 e. The first kappa shape index (κ1) is 19.2. The van der Waals surface area contributed by atoms with Crippen molar-refractivity contribution in [2.45, 2.75) is 30.2 Å². The molecule has 0 aliphatic heterocycles. The summed E-state index contributed by atoms with van der Waals surface area (Å²) in [7, 11) is 0. The molecule has 3 atom stereocenters. The third kappa shape index (κ3) is 4.31. The normalized spacial score (nSPS) is 21.8. The van der Waals surface area contributed by atoms with Crippen LogP contribution < -0.4 is 10.8 Å². The van der Waals surface area contributed by atoms with Gasteiger partial charge in [-0.1, -0.05) is 48.6 Å². The standard InChI is InChI=1S/C18H22N2O4S/c1-12(21)15(16(22)20-24)19-17(23)18(25-2)10-8-14(9-11-18)13-6-4-3-5-7-13/h3-10,12,15,21,24H,11H2,1-2H3,(H,19,23)(H,20,22)/t12-,15+,18?/m1/s1. The van der Waals surface area contributed by atoms with Crippen molar-refractivity contribution in [1.29, 1.82) is 0 Å². The fraction of sp³-hybridized carbons (Fsp3) is 0.333. The fourth-order valence-corrected chi connectivity index (χ4v) is 3.32. The molecule has 2 rings (SSSR count). The Labute approximate surface area is 151 Å². The van der Waals surface area contributed by atoms with Crippen LogP contribution in [0.25, 0.3) is 5.57 Å². The van der Waals surface area contributed by atoms with E-state index >= 15 is 0 Å². The lowest BCUT2D eigenvalue weighted by atomic mass is 9.91. The minimum Gasteiger partial charge on any atom is -0.391 e. The largest absolute Gasteiger partial charge is 0.391 e. The van der Waals surface area contributed by atoms with Crippen LogP contribution in [0.3, 0.4) is 0 Å². The zero-order valence-corrected chi connectivity index (χ0v) is 14.9. The van der Waals surface area contributed by atoms with Crippen LogP contribution in [-0.2, 0) is 9.59 Å². The van der Waals surface area contributed by atoms with Gasteiger partial charge in [0, 0.05) is 0 Å². The minimum atomic E-state index is -1.23. The van der Waals surface area contributed by atoms with Gasteiger partial charge in [-0.3, -0.25) is 14.8 Å². The molecule has 0 saturated carbocycles. The van der Waals surface area contributed by atoms with Gasteiger partial charge in [-0.05, 0) is 30.7 Å². The number of carbonyl (C=O) groups excluding carboxylic acids is 2. The van der Waals surface area contributed by atoms with Crippen LogP contribution in [0, 0.1) is 0 Å². The summed E-state index contributed by atoms with van der Waals surface area (Å²) in [6.45, 7) is 1.37. The van der Waals surface area contributed by atoms with Crippen molar-refractivity contribution in [3.05, 3.63) is 54.1 Å². The Morgan fingerprint density at radius 3 is 2.44 bits per heavy atom. The second-order valence-electron chi connectivity index (χ2n) is 5.82. The molecule has 7 heteroatoms. The maximum atomic E-state index is 12.7. The number of hydrogen-bond donors (Lipinski definition) is 4. The van der Waals surface area contributed by atoms with E-state index in [1.165, 1.54) is 24.2 Å². The van der Waals surface area contributed by atoms with Gasteiger partial charge in [0.1, 0.15) is 10.8 Å². The predicted octanol–water partition coefficient (Wildman–Crippen LogP) is 1.50. The van der Waals surface area contributed by atoms with E-state index in [-0.39, 0.29) is 0 Å². The molecule has 4 N–H and O–H groups in total. The summed E-state index contributed by atoms with van der Waals surface area (Å²) >= 11 is 1.35. The van der Waals surface area contributed by atoms with Crippen molar-refractivity contribution in [1.82, 2.24) is 10.8 Å². The van der Waals surface area contributed by atoms with Gasteiger partial charge in [0.2, 0.25) is 5.91 Å². The number of hydroxylamine groups is 1. The highest BCUT2D eigenvalue weighted by atomic mass is 32.2. The van der Waals surface area contributed by atoms with Crippen LogP contribution in [0.5, 0.6) is 0 Å². The van der Waals surface area contributed by atoms with E-state index in [4.69, 9.17) is 5.21 Å². The van der Waals surface area contributed by atoms with E-state index in [1.54, 1.807) is 0 Å². The highest BCUT2D eigenvalue weighted by Gasteiger charge is 2.39. The van der Waals surface area contributed by atoms with E-state index in [2.05, 4.69) is 5.32 Å². The monoisotopic (exact) mass is 362 g/mol. The van der Waals surface area contributed by atoms with Gasteiger partial charge in [-0.2, -0.15) is 0 Å². The van der Waals surface area contributed by atoms with Crippen molar-refractivity contribution < 1.29 is 19.9 Å². The van der Waals surface area contributed by atoms with Gasteiger partial charge in [-0.15, -0.1) is 11.8 Å². The Bertz CT molecular complexity index is 688. The van der Waals surface area contributed by atoms with Crippen molar-refractivity contribution in [3.8, 4) is 0 Å². The summed E-state index contributed by atoms with van der Waals surface area (Å²) in [5, 5.41) is 21.0. The number of rotatable bonds is 6. The predicted molar refractivity (Wildman–Crippen MR) is 98.0 cm³/mol. The zero-order chi connectivity index (χ0) is 18.4. The van der Waals surface area contributed by atoms with Crippen LogP contribution in [0.2, 0.25) is 0 Å². The average Bonchev–Trinajstić information content (AvgIpc) is 2.65. The summed E-state index contributed by atoms with van der Waals surface area (Å²) in [5.74, 6) is -1.26. The first-order valence-corrected chi connectivity index (χ1v) is 9.09. The first-order valence-electron chi connectivity index (χ1n) is 7.86. The third-order valence-corrected chi connectivity index (χ3v) is 5.39. The highest BCUT2D eigenvalue weighted by molar-refractivity contribution is 8.00. The lowest BCUT2D eigenvalue weighted by Crippen LogP contribution is -2.56. The zero-order valence-electron chi connectivity index (χ0n) is 14.1. The summed E-state index contributed by atoms with van der Waals surface area (Å²) in [6.07, 6.45) is 6.81. The maximum absolute atomic E-state index is 12.7. The molecule has 25 heavy (non-hydrogen) atoms. The summed E-state index contributed by atoms with van der Waals surface area (Å²) in [6, 6.07) is 8.62. The molecule has 0 saturated heterocycles. The molecule has 1 unspecified atom stereocenters. The molecule has 0 aromatic heterocycles. The Balaban J connectivity index is 2.17. The topological polar surface area (TPSA) is 98.7 Å². The van der Waals surface area contributed by atoms with Crippen LogP contribution >= 0.6 is 11.8 Å². The van der Waals surface area contributed by atoms with Gasteiger partial charge in [-0.25, -0.2) is 5.48 Å². The molecule has 6 nitrogen and oxygen atoms in total. The SMILES string of the molecule is CSC1(C(=O)N[C@H](C(=O)NO)[C@@H](C)O)C=CC(c2ccccc2)=CC1. The van der Waals surface area contributed by atoms with Crippen molar-refractivity contribution in [2.24, 2.45) is 0 Å². The lowest BCUT2D eigenvalue weighted by molar-refractivity contribution is -0.137. The highest BCUT2D eigenvalue weighted by Crippen LogP contribution is 2.36. The van der Waals surface area contributed by atoms with Crippen molar-refractivity contribution >= 4 is 29.1 Å². The molecule has 0 fully saturated rings. The molecule has 0 spiro atoms. The number of allylic oxidation sites excluding steroid dienone is 3. The van der Waals surface area contributed by atoms with E-state index in [1.807, 2.05) is 54.8 Å². The minimum absolute atomic E-state index is 0.394. The van der Waals surface area contributed by atoms with Crippen LogP contribution in [0.15, 0.2) is 48.6 Å².